The van der Waals surface area contributed by atoms with E-state index in [0.717, 1.165) is 37.7 Å². The molecule has 1 N–H and O–H groups in total. The van der Waals surface area contributed by atoms with Gasteiger partial charge >= 0.3 is 6.09 Å². The van der Waals surface area contributed by atoms with Crippen LogP contribution in [0, 0.1) is 0 Å². The zero-order valence-electron chi connectivity index (χ0n) is 15.5. The molecule has 0 unspecified atom stereocenters. The number of ether oxygens (including phenoxy) is 1. The molecule has 7 nitrogen and oxygen atoms in total. The molecular weight excluding hydrogens is 330 g/mol. The topological polar surface area (TPSA) is 70.6 Å². The standard InChI is InChI=1S/C19H25N5O2/c1-19(2,3)26-18(25)22-16-8-7-15(14-21-16)23-10-12-24(13-11-23)17-6-4-5-9-20-17/h4-9,14H,10-13H2,1-3H3,(H,21,22,25). The summed E-state index contributed by atoms with van der Waals surface area (Å²) in [6, 6.07) is 9.74. The number of carbonyl (C=O) groups excluding carboxylic acids is 1. The molecule has 0 spiro atoms. The van der Waals surface area contributed by atoms with Crippen LogP contribution in [0.3, 0.4) is 0 Å². The second-order valence-corrected chi connectivity index (χ2v) is 7.19. The highest BCUT2D eigenvalue weighted by Gasteiger charge is 2.19. The lowest BCUT2D eigenvalue weighted by molar-refractivity contribution is 0.0635. The van der Waals surface area contributed by atoms with Crippen molar-refractivity contribution in [2.24, 2.45) is 0 Å². The molecular formula is C19H25N5O2. The van der Waals surface area contributed by atoms with Crippen LogP contribution in [0.15, 0.2) is 42.7 Å². The summed E-state index contributed by atoms with van der Waals surface area (Å²) in [5.74, 6) is 1.50. The quantitative estimate of drug-likeness (QED) is 0.912. The Hall–Kier alpha value is -2.83. The minimum Gasteiger partial charge on any atom is -0.444 e. The molecule has 0 radical (unpaired) electrons. The summed E-state index contributed by atoms with van der Waals surface area (Å²) in [4.78, 5) is 25.1. The molecule has 7 heteroatoms. The summed E-state index contributed by atoms with van der Waals surface area (Å²) in [5, 5.41) is 2.65. The van der Waals surface area contributed by atoms with Gasteiger partial charge in [-0.1, -0.05) is 6.07 Å². The lowest BCUT2D eigenvalue weighted by Crippen LogP contribution is -2.46. The van der Waals surface area contributed by atoms with Gasteiger partial charge in [-0.25, -0.2) is 14.8 Å². The normalized spacial score (nSPS) is 14.9. The number of rotatable bonds is 3. The summed E-state index contributed by atoms with van der Waals surface area (Å²) in [5.41, 5.74) is 0.512. The number of hydrogen-bond acceptors (Lipinski definition) is 6. The van der Waals surface area contributed by atoms with E-state index in [1.807, 2.05) is 51.2 Å². The first kappa shape index (κ1) is 18.0. The summed E-state index contributed by atoms with van der Waals surface area (Å²) < 4.78 is 5.23. The Morgan fingerprint density at radius 2 is 1.77 bits per heavy atom. The summed E-state index contributed by atoms with van der Waals surface area (Å²) in [6.07, 6.45) is 3.10. The molecule has 0 bridgehead atoms. The van der Waals surface area contributed by atoms with Crippen LogP contribution in [0.1, 0.15) is 20.8 Å². The number of pyridine rings is 2. The Kier molecular flexibility index (Phi) is 5.25. The number of nitrogens with zero attached hydrogens (tertiary/aromatic N) is 4. The van der Waals surface area contributed by atoms with E-state index in [4.69, 9.17) is 4.74 Å². The third kappa shape index (κ3) is 4.84. The second-order valence-electron chi connectivity index (χ2n) is 7.19. The van der Waals surface area contributed by atoms with Gasteiger partial charge in [-0.2, -0.15) is 0 Å². The number of aromatic nitrogens is 2. The molecule has 1 fully saturated rings. The Morgan fingerprint density at radius 3 is 2.35 bits per heavy atom. The van der Waals surface area contributed by atoms with Gasteiger partial charge in [0.1, 0.15) is 17.2 Å². The predicted octanol–water partition coefficient (Wildman–Crippen LogP) is 3.15. The van der Waals surface area contributed by atoms with Crippen molar-refractivity contribution >= 4 is 23.4 Å². The molecule has 1 aliphatic rings. The van der Waals surface area contributed by atoms with Gasteiger partial charge in [0.05, 0.1) is 11.9 Å². The van der Waals surface area contributed by atoms with Crippen LogP contribution < -0.4 is 15.1 Å². The van der Waals surface area contributed by atoms with Crippen molar-refractivity contribution in [3.8, 4) is 0 Å². The van der Waals surface area contributed by atoms with Crippen LogP contribution in [0.4, 0.5) is 22.1 Å². The summed E-state index contributed by atoms with van der Waals surface area (Å²) >= 11 is 0. The number of nitrogens with one attached hydrogen (secondary N) is 1. The maximum Gasteiger partial charge on any atom is 0.413 e. The molecule has 2 aromatic heterocycles. The fraction of sp³-hybridized carbons (Fsp3) is 0.421. The SMILES string of the molecule is CC(C)(C)OC(=O)Nc1ccc(N2CCN(c3ccccn3)CC2)cn1. The molecule has 3 rings (SSSR count). The van der Waals surface area contributed by atoms with Gasteiger partial charge in [0.15, 0.2) is 0 Å². The number of hydrogen-bond donors (Lipinski definition) is 1. The van der Waals surface area contributed by atoms with Gasteiger partial charge < -0.3 is 14.5 Å². The van der Waals surface area contributed by atoms with Crippen LogP contribution in [0.2, 0.25) is 0 Å². The minimum atomic E-state index is -0.530. The molecule has 0 aliphatic carbocycles. The van der Waals surface area contributed by atoms with Gasteiger partial charge in [0, 0.05) is 32.4 Å². The molecule has 1 amide bonds. The molecule has 0 aromatic carbocycles. The van der Waals surface area contributed by atoms with Crippen molar-refractivity contribution in [2.75, 3.05) is 41.3 Å². The van der Waals surface area contributed by atoms with E-state index in [-0.39, 0.29) is 0 Å². The largest absolute Gasteiger partial charge is 0.444 e. The van der Waals surface area contributed by atoms with E-state index < -0.39 is 11.7 Å². The molecule has 3 heterocycles. The highest BCUT2D eigenvalue weighted by Crippen LogP contribution is 2.20. The fourth-order valence-electron chi connectivity index (χ4n) is 2.79. The lowest BCUT2D eigenvalue weighted by Gasteiger charge is -2.36. The summed E-state index contributed by atoms with van der Waals surface area (Å²) in [7, 11) is 0. The van der Waals surface area contributed by atoms with Gasteiger partial charge in [-0.05, 0) is 45.0 Å². The van der Waals surface area contributed by atoms with Gasteiger partial charge in [-0.15, -0.1) is 0 Å². The van der Waals surface area contributed by atoms with E-state index in [0.29, 0.717) is 5.82 Å². The third-order valence-electron chi connectivity index (χ3n) is 3.99. The van der Waals surface area contributed by atoms with Gasteiger partial charge in [0.2, 0.25) is 0 Å². The van der Waals surface area contributed by atoms with Crippen LogP contribution in [-0.4, -0.2) is 47.8 Å². The van der Waals surface area contributed by atoms with Crippen molar-refractivity contribution < 1.29 is 9.53 Å². The number of amides is 1. The first-order valence-electron chi connectivity index (χ1n) is 8.78. The number of piperazine rings is 1. The van der Waals surface area contributed by atoms with Crippen LogP contribution in [-0.2, 0) is 4.74 Å². The van der Waals surface area contributed by atoms with Crippen molar-refractivity contribution in [2.45, 2.75) is 26.4 Å². The van der Waals surface area contributed by atoms with Gasteiger partial charge in [0.25, 0.3) is 0 Å². The molecule has 138 valence electrons. The molecule has 2 aromatic rings. The zero-order valence-corrected chi connectivity index (χ0v) is 15.5. The van der Waals surface area contributed by atoms with E-state index in [9.17, 15) is 4.79 Å². The van der Waals surface area contributed by atoms with Gasteiger partial charge in [-0.3, -0.25) is 5.32 Å². The number of anilines is 3. The van der Waals surface area contributed by atoms with Crippen LogP contribution in [0.5, 0.6) is 0 Å². The Labute approximate surface area is 154 Å². The first-order valence-corrected chi connectivity index (χ1v) is 8.78. The molecule has 1 saturated heterocycles. The summed E-state index contributed by atoms with van der Waals surface area (Å²) in [6.45, 7) is 9.10. The monoisotopic (exact) mass is 355 g/mol. The first-order chi connectivity index (χ1) is 12.4. The lowest BCUT2D eigenvalue weighted by atomic mass is 10.2. The predicted molar refractivity (Wildman–Crippen MR) is 103 cm³/mol. The smallest absolute Gasteiger partial charge is 0.413 e. The van der Waals surface area contributed by atoms with Crippen LogP contribution >= 0.6 is 0 Å². The Morgan fingerprint density at radius 1 is 1.04 bits per heavy atom. The van der Waals surface area contributed by atoms with Crippen molar-refractivity contribution in [1.82, 2.24) is 9.97 Å². The number of carbonyl (C=O) groups is 1. The maximum atomic E-state index is 11.8. The average molecular weight is 355 g/mol. The average Bonchev–Trinajstić information content (AvgIpc) is 2.62. The fourth-order valence-corrected chi connectivity index (χ4v) is 2.79. The van der Waals surface area contributed by atoms with E-state index in [2.05, 4.69) is 25.1 Å². The second kappa shape index (κ2) is 7.59. The van der Waals surface area contributed by atoms with Crippen molar-refractivity contribution in [3.63, 3.8) is 0 Å². The molecule has 1 aliphatic heterocycles. The van der Waals surface area contributed by atoms with Crippen molar-refractivity contribution in [3.05, 3.63) is 42.7 Å². The third-order valence-corrected chi connectivity index (χ3v) is 3.99. The Balaban J connectivity index is 1.54. The zero-order chi connectivity index (χ0) is 18.6. The van der Waals surface area contributed by atoms with E-state index >= 15 is 0 Å². The molecule has 26 heavy (non-hydrogen) atoms. The van der Waals surface area contributed by atoms with E-state index in [1.165, 1.54) is 0 Å². The molecule has 0 saturated carbocycles. The highest BCUT2D eigenvalue weighted by molar-refractivity contribution is 5.83. The van der Waals surface area contributed by atoms with Crippen molar-refractivity contribution in [1.29, 1.82) is 0 Å². The maximum absolute atomic E-state index is 11.8. The van der Waals surface area contributed by atoms with E-state index in [1.54, 1.807) is 12.3 Å². The molecule has 0 atom stereocenters. The van der Waals surface area contributed by atoms with Crippen LogP contribution in [0.25, 0.3) is 0 Å². The Bertz CT molecular complexity index is 720. The minimum absolute atomic E-state index is 0.482. The highest BCUT2D eigenvalue weighted by atomic mass is 16.6.